The topological polar surface area (TPSA) is 134 Å². The average Bonchev–Trinajstić information content (AvgIpc) is 3.36. The van der Waals surface area contributed by atoms with E-state index in [2.05, 4.69) is 42.8 Å². The van der Waals surface area contributed by atoms with Crippen LogP contribution in [0.25, 0.3) is 0 Å². The molecule has 1 aliphatic rings. The van der Waals surface area contributed by atoms with Crippen LogP contribution in [0.1, 0.15) is 214 Å². The van der Waals surface area contributed by atoms with E-state index in [4.69, 9.17) is 33.2 Å². The van der Waals surface area contributed by atoms with Gasteiger partial charge in [0.2, 0.25) is 0 Å². The Labute approximate surface area is 424 Å². The molecule has 13 nitrogen and oxygen atoms in total. The van der Waals surface area contributed by atoms with Gasteiger partial charge in [-0.15, -0.1) is 0 Å². The predicted molar refractivity (Wildman–Crippen MR) is 283 cm³/mol. The van der Waals surface area contributed by atoms with Crippen LogP contribution in [0.4, 0.5) is 0 Å². The lowest BCUT2D eigenvalue weighted by molar-refractivity contribution is -0.157. The Morgan fingerprint density at radius 2 is 0.855 bits per heavy atom. The zero-order chi connectivity index (χ0) is 50.4. The van der Waals surface area contributed by atoms with Gasteiger partial charge in [-0.1, -0.05) is 143 Å². The Morgan fingerprint density at radius 1 is 0.493 bits per heavy atom. The average molecular weight is 987 g/mol. The number of nitrogens with one attached hydrogen (secondary N) is 1. The Kier molecular flexibility index (Phi) is 54.2. The van der Waals surface area contributed by atoms with Gasteiger partial charge in [0.15, 0.2) is 0 Å². The van der Waals surface area contributed by atoms with Crippen LogP contribution in [0.15, 0.2) is 0 Å². The molecule has 1 heterocycles. The molecule has 1 fully saturated rings. The molecule has 0 bridgehead atoms. The number of unbranched alkanes of at least 4 members (excludes halogenated alkanes) is 20. The first-order valence-electron chi connectivity index (χ1n) is 28.7. The maximum Gasteiger partial charge on any atom is 0.306 e. The zero-order valence-corrected chi connectivity index (χ0v) is 45.7. The molecule has 0 radical (unpaired) electrons. The summed E-state index contributed by atoms with van der Waals surface area (Å²) in [6.45, 7) is 22.5. The Balaban J connectivity index is 0.00000406. The van der Waals surface area contributed by atoms with Crippen molar-refractivity contribution >= 4 is 18.2 Å². The van der Waals surface area contributed by atoms with Gasteiger partial charge in [-0.3, -0.25) is 14.5 Å². The number of carbonyl (C=O) groups excluding carboxylic acids is 3. The number of piperazine rings is 1. The van der Waals surface area contributed by atoms with E-state index in [0.717, 1.165) is 142 Å². The predicted octanol–water partition coefficient (Wildman–Crippen LogP) is 11.3. The van der Waals surface area contributed by atoms with Gasteiger partial charge in [0.05, 0.1) is 33.0 Å². The highest BCUT2D eigenvalue weighted by Crippen LogP contribution is 2.13. The fourth-order valence-electron chi connectivity index (χ4n) is 8.10. The molecule has 13 heteroatoms. The van der Waals surface area contributed by atoms with E-state index in [1.54, 1.807) is 7.11 Å². The second kappa shape index (κ2) is 55.6. The first-order valence-corrected chi connectivity index (χ1v) is 28.7. The quantitative estimate of drug-likeness (QED) is 0.0352. The highest BCUT2D eigenvalue weighted by molar-refractivity contribution is 5.69. The minimum absolute atomic E-state index is 0.157. The summed E-state index contributed by atoms with van der Waals surface area (Å²) in [6, 6.07) is 0. The van der Waals surface area contributed by atoms with Crippen molar-refractivity contribution in [2.75, 3.05) is 119 Å². The highest BCUT2D eigenvalue weighted by atomic mass is 16.6. The third-order valence-electron chi connectivity index (χ3n) is 12.5. The summed E-state index contributed by atoms with van der Waals surface area (Å²) in [4.78, 5) is 41.3. The van der Waals surface area contributed by atoms with Crippen LogP contribution in [0, 0.1) is 0 Å². The van der Waals surface area contributed by atoms with Crippen molar-refractivity contribution in [3.63, 3.8) is 0 Å². The van der Waals surface area contributed by atoms with Gasteiger partial charge in [-0.05, 0) is 64.5 Å². The normalized spacial score (nSPS) is 13.0. The fourth-order valence-corrected chi connectivity index (χ4v) is 8.10. The van der Waals surface area contributed by atoms with Crippen LogP contribution in [0.5, 0.6) is 0 Å². The van der Waals surface area contributed by atoms with Crippen molar-refractivity contribution < 1.29 is 47.5 Å². The Hall–Kier alpha value is -1.71. The van der Waals surface area contributed by atoms with E-state index in [1.807, 2.05) is 0 Å². The maximum absolute atomic E-state index is 12.7. The van der Waals surface area contributed by atoms with Gasteiger partial charge >= 0.3 is 11.9 Å². The standard InChI is InChI=1S/C49H95NO9.C7H16N2O/c1-5-9-13-27-38-54-42-46(43-55-39-28-14-10-6-2)58-48(52)32-23-19-17-21-25-34-50(36-31-37-51)35-26-22-18-20-24-33-49(53)59-47(44-56-40-29-15-11-7-3)45-57-41-30-16-12-8-4;1-10-7-6-9-4-2-8-3-5-9/h37,46-47H,5-36,38-45H2,1-4H3;8H,2-7H2,1H3. The van der Waals surface area contributed by atoms with Gasteiger partial charge < -0.3 is 48.2 Å². The van der Waals surface area contributed by atoms with Crippen molar-refractivity contribution in [2.24, 2.45) is 0 Å². The SMILES string of the molecule is CCCCCCOCC(COCCCCCC)OC(=O)CCCCCCCN(CCC=O)CCCCCCCC(=O)OC(COCCCCCC)COCCCCCC.COCCN1CCNCC1. The van der Waals surface area contributed by atoms with Crippen molar-refractivity contribution in [1.82, 2.24) is 15.1 Å². The van der Waals surface area contributed by atoms with Crippen molar-refractivity contribution in [2.45, 2.75) is 226 Å². The first-order chi connectivity index (χ1) is 33.9. The molecule has 0 amide bonds. The Morgan fingerprint density at radius 3 is 1.22 bits per heavy atom. The van der Waals surface area contributed by atoms with Crippen LogP contribution in [0.2, 0.25) is 0 Å². The number of ether oxygens (including phenoxy) is 7. The van der Waals surface area contributed by atoms with E-state index in [9.17, 15) is 14.4 Å². The molecule has 410 valence electrons. The number of nitrogens with zero attached hydrogens (tertiary/aromatic N) is 2. The molecule has 0 aromatic rings. The molecule has 1 N–H and O–H groups in total. The number of hydrogen-bond donors (Lipinski definition) is 1. The second-order valence-electron chi connectivity index (χ2n) is 19.2. The highest BCUT2D eigenvalue weighted by Gasteiger charge is 2.17. The minimum atomic E-state index is -0.343. The van der Waals surface area contributed by atoms with E-state index in [1.165, 1.54) is 90.1 Å². The third kappa shape index (κ3) is 49.6. The molecule has 0 aliphatic carbocycles. The smallest absolute Gasteiger partial charge is 0.306 e. The molecular formula is C56H111N3O10. The summed E-state index contributed by atoms with van der Waals surface area (Å²) >= 11 is 0. The fraction of sp³-hybridized carbons (Fsp3) is 0.946. The van der Waals surface area contributed by atoms with Crippen LogP contribution in [-0.2, 0) is 47.5 Å². The maximum atomic E-state index is 12.7. The van der Waals surface area contributed by atoms with Crippen molar-refractivity contribution in [1.29, 1.82) is 0 Å². The van der Waals surface area contributed by atoms with Crippen LogP contribution >= 0.6 is 0 Å². The third-order valence-corrected chi connectivity index (χ3v) is 12.5. The second-order valence-corrected chi connectivity index (χ2v) is 19.2. The molecule has 1 aliphatic heterocycles. The lowest BCUT2D eigenvalue weighted by atomic mass is 10.1. The molecule has 0 aromatic carbocycles. The number of rotatable bonds is 52. The molecule has 1 saturated heterocycles. The number of aldehydes is 1. The molecule has 0 unspecified atom stereocenters. The number of methoxy groups -OCH3 is 1. The Bertz CT molecular complexity index is 973. The molecule has 0 aromatic heterocycles. The van der Waals surface area contributed by atoms with Gasteiger partial charge in [-0.25, -0.2) is 0 Å². The van der Waals surface area contributed by atoms with Crippen LogP contribution < -0.4 is 5.32 Å². The summed E-state index contributed by atoms with van der Waals surface area (Å²) in [5.41, 5.74) is 0. The van der Waals surface area contributed by atoms with Crippen LogP contribution in [-0.4, -0.2) is 159 Å². The van der Waals surface area contributed by atoms with E-state index >= 15 is 0 Å². The van der Waals surface area contributed by atoms with Gasteiger partial charge in [0.1, 0.15) is 18.5 Å². The molecule has 0 spiro atoms. The van der Waals surface area contributed by atoms with Gasteiger partial charge in [-0.2, -0.15) is 0 Å². The number of carbonyl (C=O) groups is 3. The lowest BCUT2D eigenvalue weighted by Gasteiger charge is -2.26. The first kappa shape index (κ1) is 67.3. The molecule has 0 atom stereocenters. The molecule has 1 rings (SSSR count). The molecule has 0 saturated carbocycles. The van der Waals surface area contributed by atoms with Crippen molar-refractivity contribution in [3.8, 4) is 0 Å². The summed E-state index contributed by atoms with van der Waals surface area (Å²) < 4.78 is 40.0. The summed E-state index contributed by atoms with van der Waals surface area (Å²) in [6.07, 6.45) is 30.5. The lowest BCUT2D eigenvalue weighted by Crippen LogP contribution is -2.44. The summed E-state index contributed by atoms with van der Waals surface area (Å²) in [7, 11) is 1.75. The number of esters is 2. The monoisotopic (exact) mass is 986 g/mol. The van der Waals surface area contributed by atoms with E-state index < -0.39 is 0 Å². The molecular weight excluding hydrogens is 875 g/mol. The largest absolute Gasteiger partial charge is 0.457 e. The minimum Gasteiger partial charge on any atom is -0.457 e. The summed E-state index contributed by atoms with van der Waals surface area (Å²) in [5, 5.41) is 3.31. The van der Waals surface area contributed by atoms with E-state index in [0.29, 0.717) is 72.1 Å². The zero-order valence-electron chi connectivity index (χ0n) is 45.7. The van der Waals surface area contributed by atoms with Gasteiger partial charge in [0.25, 0.3) is 0 Å². The summed E-state index contributed by atoms with van der Waals surface area (Å²) in [5.74, 6) is -0.314. The van der Waals surface area contributed by atoms with Crippen LogP contribution in [0.3, 0.4) is 0 Å². The van der Waals surface area contributed by atoms with Crippen molar-refractivity contribution in [3.05, 3.63) is 0 Å². The number of hydrogen-bond acceptors (Lipinski definition) is 13. The van der Waals surface area contributed by atoms with E-state index in [-0.39, 0.29) is 24.1 Å². The van der Waals surface area contributed by atoms with Gasteiger partial charge in [0, 0.05) is 92.1 Å². The molecule has 69 heavy (non-hydrogen) atoms.